The van der Waals surface area contributed by atoms with E-state index in [4.69, 9.17) is 11.6 Å². The fraction of sp³-hybridized carbons (Fsp3) is 0.500. The predicted molar refractivity (Wildman–Crippen MR) is 47.9 cm³/mol. The Morgan fingerprint density at radius 1 is 1.67 bits per heavy atom. The van der Waals surface area contributed by atoms with E-state index in [1.54, 1.807) is 4.68 Å². The molecule has 1 aromatic heterocycles. The molecule has 0 aliphatic heterocycles. The molecule has 0 aliphatic rings. The van der Waals surface area contributed by atoms with Gasteiger partial charge in [-0.2, -0.15) is 5.10 Å². The third-order valence-corrected chi connectivity index (χ3v) is 1.45. The van der Waals surface area contributed by atoms with Gasteiger partial charge in [0.05, 0.1) is 5.88 Å². The van der Waals surface area contributed by atoms with Crippen LogP contribution in [0.5, 0.6) is 0 Å². The highest BCUT2D eigenvalue weighted by molar-refractivity contribution is 6.19. The summed E-state index contributed by atoms with van der Waals surface area (Å²) in [5.41, 5.74) is 0. The monoisotopic (exact) mass is 183 g/mol. The molecule has 0 saturated carbocycles. The average Bonchev–Trinajstić information content (AvgIpc) is 2.50. The molecule has 0 bridgehead atoms. The van der Waals surface area contributed by atoms with Crippen molar-refractivity contribution in [3.05, 3.63) is 12.2 Å². The van der Waals surface area contributed by atoms with E-state index in [0.29, 0.717) is 11.7 Å². The quantitative estimate of drug-likeness (QED) is 0.511. The lowest BCUT2D eigenvalue weighted by atomic mass is 10.5. The number of hydrogen-bond acceptors (Lipinski definition) is 2. The predicted octanol–water partition coefficient (Wildman–Crippen LogP) is 1.28. The first-order chi connectivity index (χ1) is 5.88. The molecule has 0 radical (unpaired) electrons. The summed E-state index contributed by atoms with van der Waals surface area (Å²) in [6, 6.07) is 0. The van der Waals surface area contributed by atoms with Gasteiger partial charge in [-0.25, -0.2) is 9.67 Å². The first-order valence-electron chi connectivity index (χ1n) is 3.81. The van der Waals surface area contributed by atoms with E-state index < -0.39 is 0 Å². The Labute approximate surface area is 76.8 Å². The standard InChI is InChI=1S/C8H10ClN3/c1-2-6-12-8(4-3-5-9)10-7-11-12/h7H,2,5-6H2,1H3. The normalized spacial score (nSPS) is 9.17. The number of halogens is 1. The van der Waals surface area contributed by atoms with Gasteiger partial charge >= 0.3 is 0 Å². The van der Waals surface area contributed by atoms with Crippen molar-refractivity contribution in [1.29, 1.82) is 0 Å². The Hall–Kier alpha value is -1.01. The molecular formula is C8H10ClN3. The highest BCUT2D eigenvalue weighted by Gasteiger charge is 1.97. The van der Waals surface area contributed by atoms with Crippen LogP contribution in [0.1, 0.15) is 19.2 Å². The Balaban J connectivity index is 2.76. The third kappa shape index (κ3) is 2.24. The zero-order valence-electron chi connectivity index (χ0n) is 6.92. The van der Waals surface area contributed by atoms with Crippen molar-refractivity contribution >= 4 is 11.6 Å². The summed E-state index contributed by atoms with van der Waals surface area (Å²) in [4.78, 5) is 3.99. The maximum atomic E-state index is 5.42. The van der Waals surface area contributed by atoms with Crippen LogP contribution in [0.25, 0.3) is 0 Å². The van der Waals surface area contributed by atoms with Gasteiger partial charge in [0.1, 0.15) is 6.33 Å². The van der Waals surface area contributed by atoms with Crippen LogP contribution in [0.3, 0.4) is 0 Å². The fourth-order valence-electron chi connectivity index (χ4n) is 0.849. The number of hydrogen-bond donors (Lipinski definition) is 0. The topological polar surface area (TPSA) is 30.7 Å². The molecule has 0 fully saturated rings. The molecule has 3 nitrogen and oxygen atoms in total. The molecule has 0 unspecified atom stereocenters. The summed E-state index contributed by atoms with van der Waals surface area (Å²) < 4.78 is 1.78. The SMILES string of the molecule is CCCn1ncnc1C#CCCl. The molecule has 1 heterocycles. The lowest BCUT2D eigenvalue weighted by Gasteiger charge is -1.96. The second kappa shape index (κ2) is 4.78. The van der Waals surface area contributed by atoms with E-state index in [9.17, 15) is 0 Å². The van der Waals surface area contributed by atoms with E-state index in [-0.39, 0.29) is 0 Å². The van der Waals surface area contributed by atoms with Gasteiger partial charge in [-0.1, -0.05) is 12.8 Å². The number of rotatable bonds is 2. The van der Waals surface area contributed by atoms with Crippen molar-refractivity contribution in [2.24, 2.45) is 0 Å². The summed E-state index contributed by atoms with van der Waals surface area (Å²) in [6.45, 7) is 2.94. The van der Waals surface area contributed by atoms with Crippen LogP contribution in [-0.2, 0) is 6.54 Å². The fourth-order valence-corrected chi connectivity index (χ4v) is 0.916. The smallest absolute Gasteiger partial charge is 0.203 e. The van der Waals surface area contributed by atoms with Gasteiger partial charge in [-0.3, -0.25) is 0 Å². The van der Waals surface area contributed by atoms with Crippen LogP contribution in [0, 0.1) is 11.8 Å². The Morgan fingerprint density at radius 2 is 2.50 bits per heavy atom. The second-order valence-electron chi connectivity index (χ2n) is 2.24. The first-order valence-corrected chi connectivity index (χ1v) is 4.34. The molecule has 0 atom stereocenters. The largest absolute Gasteiger partial charge is 0.239 e. The van der Waals surface area contributed by atoms with Crippen molar-refractivity contribution in [3.63, 3.8) is 0 Å². The van der Waals surface area contributed by atoms with Crippen molar-refractivity contribution < 1.29 is 0 Å². The van der Waals surface area contributed by atoms with Crippen molar-refractivity contribution in [3.8, 4) is 11.8 Å². The van der Waals surface area contributed by atoms with Crippen molar-refractivity contribution in [1.82, 2.24) is 14.8 Å². The van der Waals surface area contributed by atoms with Crippen LogP contribution < -0.4 is 0 Å². The van der Waals surface area contributed by atoms with Gasteiger partial charge in [-0.15, -0.1) is 11.6 Å². The summed E-state index contributed by atoms with van der Waals surface area (Å²) in [6.07, 6.45) is 2.53. The molecule has 0 aliphatic carbocycles. The summed E-state index contributed by atoms with van der Waals surface area (Å²) >= 11 is 5.42. The van der Waals surface area contributed by atoms with Crippen LogP contribution >= 0.6 is 11.6 Å². The van der Waals surface area contributed by atoms with Gasteiger partial charge in [-0.05, 0) is 12.3 Å². The van der Waals surface area contributed by atoms with E-state index in [1.165, 1.54) is 6.33 Å². The summed E-state index contributed by atoms with van der Waals surface area (Å²) in [5.74, 6) is 6.60. The Morgan fingerprint density at radius 3 is 3.17 bits per heavy atom. The zero-order chi connectivity index (χ0) is 8.81. The van der Waals surface area contributed by atoms with Crippen LogP contribution in [0.15, 0.2) is 6.33 Å². The molecule has 0 saturated heterocycles. The van der Waals surface area contributed by atoms with E-state index in [1.807, 2.05) is 0 Å². The minimum absolute atomic E-state index is 0.332. The number of alkyl halides is 1. The molecule has 4 heteroatoms. The molecule has 1 aromatic rings. The number of aryl methyl sites for hydroxylation is 1. The molecule has 0 aromatic carbocycles. The number of aromatic nitrogens is 3. The van der Waals surface area contributed by atoms with Gasteiger partial charge in [0, 0.05) is 6.54 Å². The molecule has 1 rings (SSSR count). The first kappa shape index (κ1) is 9.08. The lowest BCUT2D eigenvalue weighted by molar-refractivity contribution is 0.594. The summed E-state index contributed by atoms with van der Waals surface area (Å²) in [5, 5.41) is 4.02. The van der Waals surface area contributed by atoms with E-state index >= 15 is 0 Å². The Bertz CT molecular complexity index is 295. The maximum Gasteiger partial charge on any atom is 0.203 e. The molecule has 12 heavy (non-hydrogen) atoms. The molecule has 0 spiro atoms. The third-order valence-electron chi connectivity index (χ3n) is 1.32. The van der Waals surface area contributed by atoms with Crippen LogP contribution in [0.2, 0.25) is 0 Å². The molecule has 64 valence electrons. The van der Waals surface area contributed by atoms with Crippen LogP contribution in [0.4, 0.5) is 0 Å². The van der Waals surface area contributed by atoms with Crippen molar-refractivity contribution in [2.75, 3.05) is 5.88 Å². The molecular weight excluding hydrogens is 174 g/mol. The van der Waals surface area contributed by atoms with Gasteiger partial charge in [0.15, 0.2) is 0 Å². The van der Waals surface area contributed by atoms with Crippen LogP contribution in [-0.4, -0.2) is 20.6 Å². The zero-order valence-corrected chi connectivity index (χ0v) is 7.67. The highest BCUT2D eigenvalue weighted by Crippen LogP contribution is 1.93. The minimum Gasteiger partial charge on any atom is -0.239 e. The van der Waals surface area contributed by atoms with Gasteiger partial charge in [0.2, 0.25) is 5.82 Å². The van der Waals surface area contributed by atoms with Gasteiger partial charge in [0.25, 0.3) is 0 Å². The molecule has 0 amide bonds. The average molecular weight is 184 g/mol. The van der Waals surface area contributed by atoms with E-state index in [0.717, 1.165) is 13.0 Å². The summed E-state index contributed by atoms with van der Waals surface area (Å²) in [7, 11) is 0. The molecule has 0 N–H and O–H groups in total. The minimum atomic E-state index is 0.332. The van der Waals surface area contributed by atoms with Crippen molar-refractivity contribution in [2.45, 2.75) is 19.9 Å². The Kier molecular flexibility index (Phi) is 3.62. The lowest BCUT2D eigenvalue weighted by Crippen LogP contribution is -2.02. The maximum absolute atomic E-state index is 5.42. The second-order valence-corrected chi connectivity index (χ2v) is 2.51. The number of nitrogens with zero attached hydrogens (tertiary/aromatic N) is 3. The van der Waals surface area contributed by atoms with E-state index in [2.05, 4.69) is 28.8 Å². The highest BCUT2D eigenvalue weighted by atomic mass is 35.5. The van der Waals surface area contributed by atoms with Gasteiger partial charge < -0.3 is 0 Å².